The van der Waals surface area contributed by atoms with E-state index < -0.39 is 0 Å². The van der Waals surface area contributed by atoms with Gasteiger partial charge < -0.3 is 10.2 Å². The number of carbonyl (C=O) groups excluding carboxylic acids is 1. The van der Waals surface area contributed by atoms with Crippen molar-refractivity contribution < 1.29 is 4.79 Å². The van der Waals surface area contributed by atoms with Crippen molar-refractivity contribution in [2.75, 3.05) is 16.8 Å². The monoisotopic (exact) mass is 440 g/mol. The highest BCUT2D eigenvalue weighted by Crippen LogP contribution is 2.30. The maximum Gasteiger partial charge on any atom is 0.227 e. The minimum Gasteiger partial charge on any atom is -0.334 e. The van der Waals surface area contributed by atoms with Crippen LogP contribution in [0.2, 0.25) is 0 Å². The molecular weight excluding hydrogens is 404 g/mol. The van der Waals surface area contributed by atoms with Crippen molar-refractivity contribution in [3.63, 3.8) is 0 Å². The molecule has 1 amide bonds. The van der Waals surface area contributed by atoms with Crippen molar-refractivity contribution in [1.82, 2.24) is 10.2 Å². The van der Waals surface area contributed by atoms with Crippen LogP contribution in [-0.4, -0.2) is 22.6 Å². The second-order valence-corrected chi connectivity index (χ2v) is 9.59. The van der Waals surface area contributed by atoms with E-state index >= 15 is 0 Å². The van der Waals surface area contributed by atoms with Gasteiger partial charge in [0.25, 0.3) is 0 Å². The molecule has 0 aliphatic carbocycles. The third-order valence-corrected chi connectivity index (χ3v) is 7.22. The number of benzene rings is 1. The Hall–Kier alpha value is -2.21. The van der Waals surface area contributed by atoms with Gasteiger partial charge in [0, 0.05) is 36.7 Å². The molecule has 0 spiro atoms. The quantitative estimate of drug-likeness (QED) is 0.425. The zero-order chi connectivity index (χ0) is 22.2. The van der Waals surface area contributed by atoms with Crippen LogP contribution in [0.15, 0.2) is 36.5 Å². The summed E-state index contributed by atoms with van der Waals surface area (Å²) >= 11 is 1.61. The van der Waals surface area contributed by atoms with E-state index in [4.69, 9.17) is 0 Å². The first-order valence-corrected chi connectivity index (χ1v) is 12.5. The van der Waals surface area contributed by atoms with Gasteiger partial charge in [-0.25, -0.2) is 0 Å². The molecule has 168 valence electrons. The molecule has 3 rings (SSSR count). The largest absolute Gasteiger partial charge is 0.334 e. The first-order chi connectivity index (χ1) is 15.0. The summed E-state index contributed by atoms with van der Waals surface area (Å²) in [7, 11) is 0. The van der Waals surface area contributed by atoms with E-state index in [0.717, 1.165) is 40.3 Å². The molecule has 1 aliphatic rings. The fourth-order valence-corrected chi connectivity index (χ4v) is 4.91. The van der Waals surface area contributed by atoms with Crippen LogP contribution in [0.1, 0.15) is 69.9 Å². The Morgan fingerprint density at radius 3 is 2.68 bits per heavy atom. The smallest absolute Gasteiger partial charge is 0.227 e. The molecule has 0 saturated carbocycles. The number of hydrogen-bond acceptors (Lipinski definition) is 5. The van der Waals surface area contributed by atoms with Crippen LogP contribution in [0, 0.1) is 11.8 Å². The van der Waals surface area contributed by atoms with Gasteiger partial charge in [-0.05, 0) is 36.5 Å². The van der Waals surface area contributed by atoms with E-state index in [-0.39, 0.29) is 11.8 Å². The minimum atomic E-state index is 0.0733. The van der Waals surface area contributed by atoms with E-state index in [1.54, 1.807) is 11.3 Å². The van der Waals surface area contributed by atoms with Crippen molar-refractivity contribution in [3.05, 3.63) is 47.1 Å². The number of rotatable bonds is 12. The van der Waals surface area contributed by atoms with Gasteiger partial charge in [0.2, 0.25) is 11.0 Å². The van der Waals surface area contributed by atoms with Crippen molar-refractivity contribution in [2.45, 2.75) is 72.1 Å². The van der Waals surface area contributed by atoms with E-state index in [0.29, 0.717) is 13.0 Å². The minimum absolute atomic E-state index is 0.0733. The number of carbonyl (C=O) groups is 1. The summed E-state index contributed by atoms with van der Waals surface area (Å²) in [5, 5.41) is 13.8. The Labute approximate surface area is 191 Å². The molecule has 0 bridgehead atoms. The molecular formula is C25H36N4OS. The van der Waals surface area contributed by atoms with Gasteiger partial charge in [-0.15, -0.1) is 10.2 Å². The van der Waals surface area contributed by atoms with Crippen molar-refractivity contribution >= 4 is 28.1 Å². The number of hydrogen-bond donors (Lipinski definition) is 1. The lowest BCUT2D eigenvalue weighted by molar-refractivity contribution is -0.117. The molecule has 2 atom stereocenters. The summed E-state index contributed by atoms with van der Waals surface area (Å²) in [6, 6.07) is 8.26. The van der Waals surface area contributed by atoms with Gasteiger partial charge in [-0.1, -0.05) is 76.5 Å². The Kier molecular flexibility index (Phi) is 8.64. The van der Waals surface area contributed by atoms with Crippen LogP contribution in [0.3, 0.4) is 0 Å². The average Bonchev–Trinajstić information content (AvgIpc) is 3.40. The maximum absolute atomic E-state index is 12.6. The lowest BCUT2D eigenvalue weighted by atomic mass is 9.94. The second-order valence-electron chi connectivity index (χ2n) is 8.53. The first kappa shape index (κ1) is 23.5. The molecule has 31 heavy (non-hydrogen) atoms. The Morgan fingerprint density at radius 2 is 2.00 bits per heavy atom. The molecule has 2 unspecified atom stereocenters. The summed E-state index contributed by atoms with van der Waals surface area (Å²) in [4.78, 5) is 14.4. The molecule has 0 radical (unpaired) electrons. The molecule has 1 fully saturated rings. The molecule has 1 aliphatic heterocycles. The Morgan fingerprint density at radius 1 is 1.23 bits per heavy atom. The number of nitrogens with one attached hydrogen (secondary N) is 1. The predicted molar refractivity (Wildman–Crippen MR) is 131 cm³/mol. The van der Waals surface area contributed by atoms with Gasteiger partial charge in [0.1, 0.15) is 5.01 Å². The topological polar surface area (TPSA) is 58.1 Å². The number of nitrogens with zero attached hydrogens (tertiary/aromatic N) is 3. The van der Waals surface area contributed by atoms with Crippen LogP contribution < -0.4 is 10.2 Å². The third kappa shape index (κ3) is 6.39. The Bertz CT molecular complexity index is 861. The zero-order valence-electron chi connectivity index (χ0n) is 19.2. The van der Waals surface area contributed by atoms with Crippen molar-refractivity contribution in [1.29, 1.82) is 0 Å². The normalized spacial score (nSPS) is 17.2. The van der Waals surface area contributed by atoms with E-state index in [2.05, 4.69) is 55.0 Å². The number of aromatic nitrogens is 2. The molecule has 1 N–H and O–H groups in total. The van der Waals surface area contributed by atoms with Gasteiger partial charge >= 0.3 is 0 Å². The highest BCUT2D eigenvalue weighted by atomic mass is 32.1. The summed E-state index contributed by atoms with van der Waals surface area (Å²) < 4.78 is 0. The zero-order valence-corrected chi connectivity index (χ0v) is 20.0. The van der Waals surface area contributed by atoms with Crippen molar-refractivity contribution in [2.24, 2.45) is 11.8 Å². The van der Waals surface area contributed by atoms with Gasteiger partial charge in [-0.2, -0.15) is 0 Å². The molecule has 1 aromatic heterocycles. The second kappa shape index (κ2) is 11.4. The molecule has 1 aromatic carbocycles. The predicted octanol–water partition coefficient (Wildman–Crippen LogP) is 6.23. The van der Waals surface area contributed by atoms with Gasteiger partial charge in [0.15, 0.2) is 0 Å². The number of anilines is 2. The average molecular weight is 441 g/mol. The fourth-order valence-electron chi connectivity index (χ4n) is 4.12. The lowest BCUT2D eigenvalue weighted by Crippen LogP contribution is -2.25. The van der Waals surface area contributed by atoms with Crippen LogP contribution in [0.5, 0.6) is 0 Å². The van der Waals surface area contributed by atoms with Crippen LogP contribution in [0.4, 0.5) is 10.8 Å². The summed E-state index contributed by atoms with van der Waals surface area (Å²) in [5.74, 6) is 0.995. The lowest BCUT2D eigenvalue weighted by Gasteiger charge is -2.18. The van der Waals surface area contributed by atoms with E-state index in [1.807, 2.05) is 17.0 Å². The summed E-state index contributed by atoms with van der Waals surface area (Å²) in [5.41, 5.74) is 3.09. The van der Waals surface area contributed by atoms with Crippen LogP contribution in [-0.2, 0) is 17.6 Å². The van der Waals surface area contributed by atoms with E-state index in [1.165, 1.54) is 37.7 Å². The summed E-state index contributed by atoms with van der Waals surface area (Å²) in [6.07, 6.45) is 8.74. The molecule has 2 aromatic rings. The first-order valence-electron chi connectivity index (χ1n) is 11.7. The molecule has 1 saturated heterocycles. The van der Waals surface area contributed by atoms with Crippen LogP contribution in [0.25, 0.3) is 0 Å². The molecule has 2 heterocycles. The molecule has 5 nitrogen and oxygen atoms in total. The van der Waals surface area contributed by atoms with Crippen LogP contribution >= 0.6 is 11.3 Å². The van der Waals surface area contributed by atoms with E-state index in [9.17, 15) is 4.79 Å². The summed E-state index contributed by atoms with van der Waals surface area (Å²) in [6.45, 7) is 11.5. The highest BCUT2D eigenvalue weighted by molar-refractivity contribution is 7.15. The maximum atomic E-state index is 12.6. The SMILES string of the molecule is C=C(Nc1nnc(CCC(CC)CCCC)s1)C1CC(=O)N(c2ccc(CC)cc2)C1. The van der Waals surface area contributed by atoms with Crippen molar-refractivity contribution in [3.8, 4) is 0 Å². The molecule has 6 heteroatoms. The van der Waals surface area contributed by atoms with Gasteiger partial charge in [-0.3, -0.25) is 4.79 Å². The fraction of sp³-hybridized carbons (Fsp3) is 0.560. The third-order valence-electron chi connectivity index (χ3n) is 6.32. The number of unbranched alkanes of at least 4 members (excludes halogenated alkanes) is 1. The Balaban J connectivity index is 1.52. The number of amides is 1. The highest BCUT2D eigenvalue weighted by Gasteiger charge is 2.32. The van der Waals surface area contributed by atoms with Gasteiger partial charge in [0.05, 0.1) is 0 Å². The number of aryl methyl sites for hydroxylation is 2. The standard InChI is InChI=1S/C25H36N4OS/c1-5-8-9-19(6-2)12-15-23-27-28-25(31-23)26-18(4)21-16-24(30)29(17-21)22-13-10-20(7-3)11-14-22/h10-11,13-14,19,21H,4-9,12,15-17H2,1-3H3,(H,26,28).